The van der Waals surface area contributed by atoms with E-state index in [-0.39, 0.29) is 18.0 Å². The average molecular weight is 550 g/mol. The van der Waals surface area contributed by atoms with Crippen molar-refractivity contribution in [3.05, 3.63) is 73.1 Å². The topological polar surface area (TPSA) is 114 Å². The molecule has 208 valence electrons. The highest BCUT2D eigenvalue weighted by Gasteiger charge is 2.32. The zero-order valence-corrected chi connectivity index (χ0v) is 23.4. The van der Waals surface area contributed by atoms with Gasteiger partial charge in [0, 0.05) is 44.0 Å². The molecule has 4 heterocycles. The Kier molecular flexibility index (Phi) is 6.70. The molecule has 0 aliphatic carbocycles. The van der Waals surface area contributed by atoms with Crippen LogP contribution in [0.5, 0.6) is 11.5 Å². The fraction of sp³-hybridized carbons (Fsp3) is 0.267. The molecule has 0 saturated carbocycles. The summed E-state index contributed by atoms with van der Waals surface area (Å²) in [6, 6.07) is 15.6. The predicted molar refractivity (Wildman–Crippen MR) is 159 cm³/mol. The van der Waals surface area contributed by atoms with E-state index in [0.29, 0.717) is 30.2 Å². The van der Waals surface area contributed by atoms with Gasteiger partial charge in [0.1, 0.15) is 34.7 Å². The number of carbonyl (C=O) groups excluding carboxylic acids is 1. The van der Waals surface area contributed by atoms with Gasteiger partial charge in [-0.1, -0.05) is 11.8 Å². The van der Waals surface area contributed by atoms with Crippen LogP contribution in [0.1, 0.15) is 19.4 Å². The van der Waals surface area contributed by atoms with Crippen molar-refractivity contribution in [2.45, 2.75) is 32.9 Å². The lowest BCUT2D eigenvalue weighted by Crippen LogP contribution is -2.58. The molecule has 0 unspecified atom stereocenters. The molecule has 11 heteroatoms. The number of rotatable bonds is 6. The normalized spacial score (nSPS) is 17.2. The van der Waals surface area contributed by atoms with E-state index < -0.39 is 0 Å². The van der Waals surface area contributed by atoms with Crippen LogP contribution in [0.15, 0.2) is 67.5 Å². The molecule has 3 aromatic heterocycles. The van der Waals surface area contributed by atoms with Crippen molar-refractivity contribution in [3.8, 4) is 11.5 Å². The van der Waals surface area contributed by atoms with Gasteiger partial charge in [-0.05, 0) is 74.9 Å². The molecule has 6 rings (SSSR count). The first kappa shape index (κ1) is 26.2. The number of fused-ring (bicyclic) bond motifs is 2. The van der Waals surface area contributed by atoms with Gasteiger partial charge in [-0.2, -0.15) is 0 Å². The van der Waals surface area contributed by atoms with Crippen molar-refractivity contribution in [1.29, 1.82) is 0 Å². The van der Waals surface area contributed by atoms with Gasteiger partial charge < -0.3 is 19.9 Å². The first-order valence-corrected chi connectivity index (χ1v) is 13.5. The number of hydrogen-bond acceptors (Lipinski definition) is 9. The van der Waals surface area contributed by atoms with Gasteiger partial charge in [0.15, 0.2) is 5.82 Å². The molecule has 2 aromatic carbocycles. The molecular weight excluding hydrogens is 518 g/mol. The standard InChI is InChI=1S/C30H31N9O2/c1-6-28(40)39-19(3)15-38(16-20(39)4)27-12-9-23-29(34-27)30(32-17-31-23)33-21-7-11-26(18(2)13-21)41-22-8-10-25-24(14-22)35-36-37(25)5/h6-14,17,19-20H,1,15-16H2,2-5H3,(H,31,32,33)/t19-,20-/m1/s1. The number of benzene rings is 2. The Morgan fingerprint density at radius 2 is 1.85 bits per heavy atom. The van der Waals surface area contributed by atoms with E-state index in [2.05, 4.69) is 37.1 Å². The first-order valence-electron chi connectivity index (χ1n) is 13.5. The monoisotopic (exact) mass is 549 g/mol. The van der Waals surface area contributed by atoms with Gasteiger partial charge in [0.25, 0.3) is 0 Å². The van der Waals surface area contributed by atoms with Crippen LogP contribution in [0.25, 0.3) is 22.1 Å². The van der Waals surface area contributed by atoms with Crippen LogP contribution in [0.3, 0.4) is 0 Å². The third-order valence-electron chi connectivity index (χ3n) is 7.39. The zero-order valence-electron chi connectivity index (χ0n) is 23.4. The Morgan fingerprint density at radius 1 is 1.05 bits per heavy atom. The minimum Gasteiger partial charge on any atom is -0.457 e. The van der Waals surface area contributed by atoms with Gasteiger partial charge in [-0.25, -0.2) is 19.6 Å². The van der Waals surface area contributed by atoms with Gasteiger partial charge in [-0.15, -0.1) is 5.10 Å². The average Bonchev–Trinajstić information content (AvgIpc) is 3.33. The third kappa shape index (κ3) is 5.02. The van der Waals surface area contributed by atoms with E-state index in [1.807, 2.05) is 81.2 Å². The lowest BCUT2D eigenvalue weighted by atomic mass is 10.1. The maximum atomic E-state index is 12.3. The van der Waals surface area contributed by atoms with Crippen LogP contribution in [0, 0.1) is 6.92 Å². The number of ether oxygens (including phenoxy) is 1. The van der Waals surface area contributed by atoms with Crippen molar-refractivity contribution in [2.75, 3.05) is 23.3 Å². The van der Waals surface area contributed by atoms with Crippen LogP contribution < -0.4 is 15.0 Å². The Labute approximate surface area is 237 Å². The van der Waals surface area contributed by atoms with E-state index in [4.69, 9.17) is 9.72 Å². The summed E-state index contributed by atoms with van der Waals surface area (Å²) in [7, 11) is 1.86. The number of piperazine rings is 1. The molecule has 0 spiro atoms. The Bertz CT molecular complexity index is 1770. The van der Waals surface area contributed by atoms with Crippen molar-refractivity contribution in [3.63, 3.8) is 0 Å². The summed E-state index contributed by atoms with van der Waals surface area (Å²) in [4.78, 5) is 30.3. The fourth-order valence-corrected chi connectivity index (χ4v) is 5.44. The zero-order chi connectivity index (χ0) is 28.7. The SMILES string of the molecule is C=CC(=O)N1[C@H](C)CN(c2ccc3ncnc(Nc4ccc(Oc5ccc6c(c5)nnn6C)c(C)c4)c3n2)C[C@H]1C. The number of aromatic nitrogens is 6. The minimum atomic E-state index is -0.0470. The molecule has 2 atom stereocenters. The highest BCUT2D eigenvalue weighted by Crippen LogP contribution is 2.31. The Hall–Kier alpha value is -5.06. The second-order valence-corrected chi connectivity index (χ2v) is 10.4. The second-order valence-electron chi connectivity index (χ2n) is 10.4. The number of hydrogen-bond donors (Lipinski definition) is 1. The van der Waals surface area contributed by atoms with E-state index in [1.54, 1.807) is 4.68 Å². The van der Waals surface area contributed by atoms with Crippen molar-refractivity contribution < 1.29 is 9.53 Å². The summed E-state index contributed by atoms with van der Waals surface area (Å²) in [6.07, 6.45) is 2.91. The molecule has 5 aromatic rings. The largest absolute Gasteiger partial charge is 0.457 e. The van der Waals surface area contributed by atoms with Gasteiger partial charge in [0.2, 0.25) is 5.91 Å². The molecule has 11 nitrogen and oxygen atoms in total. The van der Waals surface area contributed by atoms with E-state index in [1.165, 1.54) is 12.4 Å². The fourth-order valence-electron chi connectivity index (χ4n) is 5.44. The maximum absolute atomic E-state index is 12.3. The van der Waals surface area contributed by atoms with Gasteiger partial charge in [-0.3, -0.25) is 4.79 Å². The van der Waals surface area contributed by atoms with Crippen LogP contribution in [0.2, 0.25) is 0 Å². The molecular formula is C30H31N9O2. The highest BCUT2D eigenvalue weighted by atomic mass is 16.5. The van der Waals surface area contributed by atoms with Crippen LogP contribution in [-0.4, -0.2) is 65.9 Å². The maximum Gasteiger partial charge on any atom is 0.246 e. The number of amides is 1. The lowest BCUT2D eigenvalue weighted by Gasteiger charge is -2.44. The molecule has 1 amide bonds. The number of nitrogens with one attached hydrogen (secondary N) is 1. The number of nitrogens with zero attached hydrogens (tertiary/aromatic N) is 8. The van der Waals surface area contributed by atoms with E-state index in [0.717, 1.165) is 39.4 Å². The molecule has 1 aliphatic heterocycles. The van der Waals surface area contributed by atoms with Crippen molar-refractivity contribution in [2.24, 2.45) is 7.05 Å². The number of aryl methyl sites for hydroxylation is 2. The van der Waals surface area contributed by atoms with Crippen LogP contribution in [-0.2, 0) is 11.8 Å². The van der Waals surface area contributed by atoms with E-state index in [9.17, 15) is 4.79 Å². The summed E-state index contributed by atoms with van der Waals surface area (Å²) in [6.45, 7) is 11.1. The van der Waals surface area contributed by atoms with E-state index >= 15 is 0 Å². The van der Waals surface area contributed by atoms with Gasteiger partial charge >= 0.3 is 0 Å². The Morgan fingerprint density at radius 3 is 2.61 bits per heavy atom. The third-order valence-corrected chi connectivity index (χ3v) is 7.39. The van der Waals surface area contributed by atoms with Crippen molar-refractivity contribution in [1.82, 2.24) is 34.8 Å². The second kappa shape index (κ2) is 10.5. The quantitative estimate of drug-likeness (QED) is 0.299. The molecule has 0 radical (unpaired) electrons. The van der Waals surface area contributed by atoms with Crippen LogP contribution >= 0.6 is 0 Å². The number of carbonyl (C=O) groups is 1. The van der Waals surface area contributed by atoms with Crippen molar-refractivity contribution >= 4 is 45.3 Å². The molecule has 1 saturated heterocycles. The molecule has 0 bridgehead atoms. The molecule has 1 aliphatic rings. The van der Waals surface area contributed by atoms with Gasteiger partial charge in [0.05, 0.1) is 11.0 Å². The first-order chi connectivity index (χ1) is 19.8. The highest BCUT2D eigenvalue weighted by molar-refractivity contribution is 5.89. The van der Waals surface area contributed by atoms with Crippen LogP contribution in [0.4, 0.5) is 17.3 Å². The Balaban J connectivity index is 1.23. The lowest BCUT2D eigenvalue weighted by molar-refractivity contribution is -0.130. The number of pyridine rings is 1. The minimum absolute atomic E-state index is 0.0256. The molecule has 41 heavy (non-hydrogen) atoms. The predicted octanol–water partition coefficient (Wildman–Crippen LogP) is 4.76. The summed E-state index contributed by atoms with van der Waals surface area (Å²) >= 11 is 0. The summed E-state index contributed by atoms with van der Waals surface area (Å²) in [5.41, 5.74) is 4.94. The summed E-state index contributed by atoms with van der Waals surface area (Å²) in [5.74, 6) is 2.82. The smallest absolute Gasteiger partial charge is 0.246 e. The summed E-state index contributed by atoms with van der Waals surface area (Å²) < 4.78 is 7.88. The molecule has 1 fully saturated rings. The molecule has 1 N–H and O–H groups in total. The number of anilines is 3. The summed E-state index contributed by atoms with van der Waals surface area (Å²) in [5, 5.41) is 11.6.